The Morgan fingerprint density at radius 2 is 1.29 bits per heavy atom. The summed E-state index contributed by atoms with van der Waals surface area (Å²) in [5.41, 5.74) is 0. The fourth-order valence-corrected chi connectivity index (χ4v) is 0. The molecule has 0 aliphatic carbocycles. The number of nitrogens with one attached hydrogen (secondary N) is 1. The molecular formula is C6H17N. The molecule has 1 N–H and O–H groups in total. The summed E-state index contributed by atoms with van der Waals surface area (Å²) in [5, 5.41) is 3.03. The van der Waals surface area contributed by atoms with Crippen molar-refractivity contribution in [2.75, 3.05) is 7.05 Å². The molecule has 46 valence electrons. The van der Waals surface area contributed by atoms with Crippen LogP contribution in [0.5, 0.6) is 0 Å². The van der Waals surface area contributed by atoms with Crippen molar-refractivity contribution in [3.8, 4) is 0 Å². The van der Waals surface area contributed by atoms with Crippen molar-refractivity contribution in [1.29, 1.82) is 0 Å². The maximum atomic E-state index is 3.03. The molecule has 0 rings (SSSR count). The van der Waals surface area contributed by atoms with E-state index in [2.05, 4.69) is 19.2 Å². The normalized spacial score (nSPS) is 7.71. The van der Waals surface area contributed by atoms with Gasteiger partial charge in [-0.3, -0.25) is 0 Å². The van der Waals surface area contributed by atoms with Gasteiger partial charge >= 0.3 is 0 Å². The average Bonchev–Trinajstić information content (AvgIpc) is 1.73. The molecular weight excluding hydrogens is 86.1 g/mol. The molecule has 0 spiro atoms. The first-order valence-electron chi connectivity index (χ1n) is 2.94. The summed E-state index contributed by atoms with van der Waals surface area (Å²) in [5.74, 6) is 0. The van der Waals surface area contributed by atoms with E-state index in [0.29, 0.717) is 6.04 Å². The Bertz CT molecular complexity index is 18.1. The van der Waals surface area contributed by atoms with Gasteiger partial charge in [-0.1, -0.05) is 27.7 Å². The van der Waals surface area contributed by atoms with Gasteiger partial charge in [-0.25, -0.2) is 0 Å². The third kappa shape index (κ3) is 24.3. The van der Waals surface area contributed by atoms with E-state index in [0.717, 1.165) is 0 Å². The van der Waals surface area contributed by atoms with Gasteiger partial charge < -0.3 is 5.32 Å². The van der Waals surface area contributed by atoms with E-state index in [9.17, 15) is 0 Å². The van der Waals surface area contributed by atoms with Gasteiger partial charge in [-0.2, -0.15) is 0 Å². The molecule has 0 bridgehead atoms. The Hall–Kier alpha value is -0.0400. The molecule has 7 heavy (non-hydrogen) atoms. The van der Waals surface area contributed by atoms with E-state index < -0.39 is 0 Å². The van der Waals surface area contributed by atoms with E-state index in [1.807, 2.05) is 20.9 Å². The standard InChI is InChI=1S/C4H11N.C2H6/c1-4(2)5-3;1-2/h4-5H,1-3H3;1-2H3. The Balaban J connectivity index is 0. The summed E-state index contributed by atoms with van der Waals surface area (Å²) in [7, 11) is 1.95. The molecule has 1 nitrogen and oxygen atoms in total. The van der Waals surface area contributed by atoms with Gasteiger partial charge in [0, 0.05) is 6.04 Å². The highest BCUT2D eigenvalue weighted by Gasteiger charge is 1.76. The predicted molar refractivity (Wildman–Crippen MR) is 35.5 cm³/mol. The quantitative estimate of drug-likeness (QED) is 0.532. The van der Waals surface area contributed by atoms with Crippen molar-refractivity contribution in [3.63, 3.8) is 0 Å². The van der Waals surface area contributed by atoms with Gasteiger partial charge in [0.05, 0.1) is 0 Å². The smallest absolute Gasteiger partial charge is 0.000733 e. The van der Waals surface area contributed by atoms with Gasteiger partial charge in [-0.05, 0) is 7.05 Å². The minimum absolute atomic E-state index is 0.634. The minimum Gasteiger partial charge on any atom is -0.318 e. The zero-order valence-electron chi connectivity index (χ0n) is 6.08. The topological polar surface area (TPSA) is 12.0 Å². The Kier molecular flexibility index (Phi) is 13.4. The second-order valence-electron chi connectivity index (χ2n) is 1.44. The maximum absolute atomic E-state index is 3.03. The predicted octanol–water partition coefficient (Wildman–Crippen LogP) is 1.64. The molecule has 0 aliphatic rings. The van der Waals surface area contributed by atoms with E-state index >= 15 is 0 Å². The third-order valence-electron chi connectivity index (χ3n) is 0.577. The van der Waals surface area contributed by atoms with Crippen molar-refractivity contribution in [1.82, 2.24) is 5.32 Å². The molecule has 0 radical (unpaired) electrons. The monoisotopic (exact) mass is 103 g/mol. The summed E-state index contributed by atoms with van der Waals surface area (Å²) < 4.78 is 0. The first-order chi connectivity index (χ1) is 3.27. The van der Waals surface area contributed by atoms with E-state index in [-0.39, 0.29) is 0 Å². The van der Waals surface area contributed by atoms with E-state index in [1.54, 1.807) is 0 Å². The number of hydrogen-bond donors (Lipinski definition) is 1. The van der Waals surface area contributed by atoms with Gasteiger partial charge in [0.15, 0.2) is 0 Å². The lowest BCUT2D eigenvalue weighted by Crippen LogP contribution is -2.15. The lowest BCUT2D eigenvalue weighted by molar-refractivity contribution is 0.668. The lowest BCUT2D eigenvalue weighted by atomic mass is 10.4. The first-order valence-corrected chi connectivity index (χ1v) is 2.94. The Morgan fingerprint density at radius 1 is 1.14 bits per heavy atom. The molecule has 0 saturated heterocycles. The molecule has 0 atom stereocenters. The van der Waals surface area contributed by atoms with Crippen LogP contribution in [0, 0.1) is 0 Å². The zero-order chi connectivity index (χ0) is 6.28. The summed E-state index contributed by atoms with van der Waals surface area (Å²) in [6, 6.07) is 0.634. The van der Waals surface area contributed by atoms with Crippen LogP contribution in [0.4, 0.5) is 0 Å². The first kappa shape index (κ1) is 10.0. The van der Waals surface area contributed by atoms with Crippen LogP contribution in [0.15, 0.2) is 0 Å². The van der Waals surface area contributed by atoms with E-state index in [4.69, 9.17) is 0 Å². The van der Waals surface area contributed by atoms with Crippen molar-refractivity contribution >= 4 is 0 Å². The van der Waals surface area contributed by atoms with Crippen LogP contribution in [0.3, 0.4) is 0 Å². The highest BCUT2D eigenvalue weighted by molar-refractivity contribution is 4.40. The minimum atomic E-state index is 0.634. The van der Waals surface area contributed by atoms with Crippen LogP contribution >= 0.6 is 0 Å². The maximum Gasteiger partial charge on any atom is 0.000733 e. The van der Waals surface area contributed by atoms with E-state index in [1.165, 1.54) is 0 Å². The molecule has 1 heteroatoms. The zero-order valence-corrected chi connectivity index (χ0v) is 6.08. The van der Waals surface area contributed by atoms with Crippen LogP contribution in [0.25, 0.3) is 0 Å². The molecule has 0 heterocycles. The Labute approximate surface area is 47.1 Å². The third-order valence-corrected chi connectivity index (χ3v) is 0.577. The van der Waals surface area contributed by atoms with Crippen molar-refractivity contribution in [2.24, 2.45) is 0 Å². The lowest BCUT2D eigenvalue weighted by Gasteiger charge is -1.95. The second-order valence-corrected chi connectivity index (χ2v) is 1.44. The molecule has 0 aromatic rings. The summed E-state index contributed by atoms with van der Waals surface area (Å²) in [4.78, 5) is 0. The van der Waals surface area contributed by atoms with Crippen LogP contribution in [-0.2, 0) is 0 Å². The molecule has 0 aromatic heterocycles. The SMILES string of the molecule is CC.CNC(C)C. The van der Waals surface area contributed by atoms with Gasteiger partial charge in [0.2, 0.25) is 0 Å². The highest BCUT2D eigenvalue weighted by Crippen LogP contribution is 1.66. The van der Waals surface area contributed by atoms with Gasteiger partial charge in [-0.15, -0.1) is 0 Å². The highest BCUT2D eigenvalue weighted by atomic mass is 14.8. The van der Waals surface area contributed by atoms with Crippen LogP contribution in [0.2, 0.25) is 0 Å². The number of rotatable bonds is 1. The molecule has 0 saturated carbocycles. The fourth-order valence-electron chi connectivity index (χ4n) is 0. The van der Waals surface area contributed by atoms with Gasteiger partial charge in [0.1, 0.15) is 0 Å². The largest absolute Gasteiger partial charge is 0.318 e. The summed E-state index contributed by atoms with van der Waals surface area (Å²) in [6.45, 7) is 8.22. The fraction of sp³-hybridized carbons (Fsp3) is 1.00. The van der Waals surface area contributed by atoms with Crippen molar-refractivity contribution < 1.29 is 0 Å². The molecule has 0 fully saturated rings. The number of hydrogen-bond acceptors (Lipinski definition) is 1. The summed E-state index contributed by atoms with van der Waals surface area (Å²) in [6.07, 6.45) is 0. The molecule has 0 aliphatic heterocycles. The van der Waals surface area contributed by atoms with Crippen LogP contribution in [0.1, 0.15) is 27.7 Å². The van der Waals surface area contributed by atoms with Crippen LogP contribution < -0.4 is 5.32 Å². The Morgan fingerprint density at radius 3 is 1.29 bits per heavy atom. The van der Waals surface area contributed by atoms with Crippen molar-refractivity contribution in [2.45, 2.75) is 33.7 Å². The summed E-state index contributed by atoms with van der Waals surface area (Å²) >= 11 is 0. The molecule has 0 amide bonds. The van der Waals surface area contributed by atoms with Gasteiger partial charge in [0.25, 0.3) is 0 Å². The van der Waals surface area contributed by atoms with Crippen LogP contribution in [-0.4, -0.2) is 13.1 Å². The molecule has 0 aromatic carbocycles. The average molecular weight is 103 g/mol. The molecule has 0 unspecified atom stereocenters. The second kappa shape index (κ2) is 9.35. The van der Waals surface area contributed by atoms with Crippen molar-refractivity contribution in [3.05, 3.63) is 0 Å².